The van der Waals surface area contributed by atoms with E-state index in [0.29, 0.717) is 29.5 Å². The summed E-state index contributed by atoms with van der Waals surface area (Å²) < 4.78 is 5.29. The molecule has 23 heavy (non-hydrogen) atoms. The van der Waals surface area contributed by atoms with Gasteiger partial charge in [-0.15, -0.1) is 0 Å². The molecule has 2 rings (SSSR count). The number of rotatable bonds is 4. The van der Waals surface area contributed by atoms with Gasteiger partial charge in [0.05, 0.1) is 12.8 Å². The molecule has 1 fully saturated rings. The third-order valence-corrected chi connectivity index (χ3v) is 4.20. The fraction of sp³-hybridized carbons (Fsp3) is 0.500. The largest absolute Gasteiger partial charge is 0.495 e. The standard InChI is InChI=1S/C16H22ClN3O3/c1-12(21)20(14-10-13(17)4-5-15(14)23-3)11-16(22)19-8-6-18(2)7-9-19/h4-5,10H,6-9,11H2,1-3H3. The molecule has 0 saturated carbocycles. The second kappa shape index (κ2) is 7.66. The van der Waals surface area contributed by atoms with Crippen LogP contribution in [0.4, 0.5) is 5.69 Å². The number of amides is 2. The van der Waals surface area contributed by atoms with Gasteiger partial charge in [-0.3, -0.25) is 14.5 Å². The minimum absolute atomic E-state index is 0.0181. The molecule has 126 valence electrons. The Bertz CT molecular complexity index is 586. The summed E-state index contributed by atoms with van der Waals surface area (Å²) in [6.07, 6.45) is 0. The van der Waals surface area contributed by atoms with E-state index in [1.165, 1.54) is 18.9 Å². The van der Waals surface area contributed by atoms with E-state index in [4.69, 9.17) is 16.3 Å². The lowest BCUT2D eigenvalue weighted by molar-refractivity contribution is -0.132. The van der Waals surface area contributed by atoms with Crippen molar-refractivity contribution in [1.82, 2.24) is 9.80 Å². The molecule has 0 bridgehead atoms. The van der Waals surface area contributed by atoms with E-state index < -0.39 is 0 Å². The summed E-state index contributed by atoms with van der Waals surface area (Å²) in [5, 5.41) is 0.485. The number of carbonyl (C=O) groups excluding carboxylic acids is 2. The van der Waals surface area contributed by atoms with Gasteiger partial charge in [-0.25, -0.2) is 0 Å². The van der Waals surface area contributed by atoms with Crippen molar-refractivity contribution < 1.29 is 14.3 Å². The normalized spacial score (nSPS) is 15.4. The maximum atomic E-state index is 12.5. The Kier molecular flexibility index (Phi) is 5.85. The summed E-state index contributed by atoms with van der Waals surface area (Å²) in [6, 6.07) is 5.01. The topological polar surface area (TPSA) is 53.1 Å². The molecule has 0 aliphatic carbocycles. The van der Waals surface area contributed by atoms with Crippen LogP contribution >= 0.6 is 11.6 Å². The average molecular weight is 340 g/mol. The molecule has 0 N–H and O–H groups in total. The van der Waals surface area contributed by atoms with Crippen molar-refractivity contribution in [1.29, 1.82) is 0 Å². The van der Waals surface area contributed by atoms with Gasteiger partial charge in [0.2, 0.25) is 11.8 Å². The number of piperazine rings is 1. The summed E-state index contributed by atoms with van der Waals surface area (Å²) in [5.41, 5.74) is 0.509. The number of hydrogen-bond donors (Lipinski definition) is 0. The molecule has 0 unspecified atom stereocenters. The zero-order chi connectivity index (χ0) is 17.0. The molecule has 0 radical (unpaired) electrons. The van der Waals surface area contributed by atoms with Gasteiger partial charge in [0.25, 0.3) is 0 Å². The molecule has 1 heterocycles. The number of nitrogens with zero attached hydrogens (tertiary/aromatic N) is 3. The highest BCUT2D eigenvalue weighted by Crippen LogP contribution is 2.31. The zero-order valence-electron chi connectivity index (χ0n) is 13.7. The van der Waals surface area contributed by atoms with Gasteiger partial charge in [-0.2, -0.15) is 0 Å². The third kappa shape index (κ3) is 4.36. The van der Waals surface area contributed by atoms with E-state index in [1.54, 1.807) is 23.1 Å². The maximum Gasteiger partial charge on any atom is 0.242 e. The Balaban J connectivity index is 2.18. The molecule has 0 atom stereocenters. The Morgan fingerprint density at radius 2 is 1.91 bits per heavy atom. The number of halogens is 1. The predicted octanol–water partition coefficient (Wildman–Crippen LogP) is 1.48. The molecule has 7 heteroatoms. The van der Waals surface area contributed by atoms with E-state index in [1.807, 2.05) is 7.05 Å². The Morgan fingerprint density at radius 3 is 2.48 bits per heavy atom. The highest BCUT2D eigenvalue weighted by molar-refractivity contribution is 6.31. The number of hydrogen-bond acceptors (Lipinski definition) is 4. The third-order valence-electron chi connectivity index (χ3n) is 3.96. The highest BCUT2D eigenvalue weighted by atomic mass is 35.5. The fourth-order valence-electron chi connectivity index (χ4n) is 2.53. The van der Waals surface area contributed by atoms with Crippen LogP contribution in [0.5, 0.6) is 5.75 Å². The molecule has 6 nitrogen and oxygen atoms in total. The first kappa shape index (κ1) is 17.6. The van der Waals surface area contributed by atoms with Crippen LogP contribution < -0.4 is 9.64 Å². The lowest BCUT2D eigenvalue weighted by atomic mass is 10.2. The van der Waals surface area contributed by atoms with Gasteiger partial charge >= 0.3 is 0 Å². The lowest BCUT2D eigenvalue weighted by Crippen LogP contribution is -2.50. The molecular weight excluding hydrogens is 318 g/mol. The van der Waals surface area contributed by atoms with Crippen LogP contribution in [0.25, 0.3) is 0 Å². The summed E-state index contributed by atoms with van der Waals surface area (Å²) in [7, 11) is 3.55. The quantitative estimate of drug-likeness (QED) is 0.833. The van der Waals surface area contributed by atoms with Gasteiger partial charge in [-0.05, 0) is 25.2 Å². The van der Waals surface area contributed by atoms with Gasteiger partial charge in [0.15, 0.2) is 0 Å². The van der Waals surface area contributed by atoms with Crippen molar-refractivity contribution in [2.24, 2.45) is 0 Å². The highest BCUT2D eigenvalue weighted by Gasteiger charge is 2.25. The van der Waals surface area contributed by atoms with Crippen LogP contribution in [0.2, 0.25) is 5.02 Å². The van der Waals surface area contributed by atoms with E-state index >= 15 is 0 Å². The molecule has 1 aromatic rings. The van der Waals surface area contributed by atoms with Crippen LogP contribution in [0.15, 0.2) is 18.2 Å². The minimum Gasteiger partial charge on any atom is -0.495 e. The van der Waals surface area contributed by atoms with Crippen molar-refractivity contribution in [3.8, 4) is 5.75 Å². The van der Waals surface area contributed by atoms with Crippen molar-refractivity contribution >= 4 is 29.1 Å². The number of benzene rings is 1. The zero-order valence-corrected chi connectivity index (χ0v) is 14.5. The molecule has 0 aromatic heterocycles. The summed E-state index contributed by atoms with van der Waals surface area (Å²) in [5.74, 6) is 0.208. The van der Waals surface area contributed by atoms with Crippen LogP contribution in [-0.2, 0) is 9.59 Å². The van der Waals surface area contributed by atoms with Crippen LogP contribution in [0.1, 0.15) is 6.92 Å². The molecule has 1 aliphatic rings. The molecule has 1 aliphatic heterocycles. The van der Waals surface area contributed by atoms with E-state index in [2.05, 4.69) is 4.90 Å². The van der Waals surface area contributed by atoms with E-state index in [0.717, 1.165) is 13.1 Å². The maximum absolute atomic E-state index is 12.5. The number of ether oxygens (including phenoxy) is 1. The van der Waals surface area contributed by atoms with Crippen molar-refractivity contribution in [2.45, 2.75) is 6.92 Å². The number of methoxy groups -OCH3 is 1. The van der Waals surface area contributed by atoms with Crippen molar-refractivity contribution in [3.05, 3.63) is 23.2 Å². The Morgan fingerprint density at radius 1 is 1.26 bits per heavy atom. The number of likely N-dealkylation sites (N-methyl/N-ethyl adjacent to an activating group) is 1. The van der Waals surface area contributed by atoms with Gasteiger partial charge in [0.1, 0.15) is 12.3 Å². The second-order valence-corrected chi connectivity index (χ2v) is 6.04. The Labute approximate surface area is 141 Å². The van der Waals surface area contributed by atoms with Crippen LogP contribution in [-0.4, -0.2) is 68.5 Å². The van der Waals surface area contributed by atoms with Gasteiger partial charge in [-0.1, -0.05) is 11.6 Å². The van der Waals surface area contributed by atoms with Gasteiger partial charge in [0, 0.05) is 38.1 Å². The Hall–Kier alpha value is -1.79. The van der Waals surface area contributed by atoms with E-state index in [-0.39, 0.29) is 18.4 Å². The number of carbonyl (C=O) groups is 2. The van der Waals surface area contributed by atoms with Crippen molar-refractivity contribution in [3.63, 3.8) is 0 Å². The first-order valence-electron chi connectivity index (χ1n) is 7.50. The molecule has 1 saturated heterocycles. The fourth-order valence-corrected chi connectivity index (χ4v) is 2.70. The van der Waals surface area contributed by atoms with Crippen molar-refractivity contribution in [2.75, 3.05) is 51.8 Å². The molecule has 2 amide bonds. The predicted molar refractivity (Wildman–Crippen MR) is 90.1 cm³/mol. The summed E-state index contributed by atoms with van der Waals surface area (Å²) in [6.45, 7) is 4.44. The molecular formula is C16H22ClN3O3. The first-order chi connectivity index (χ1) is 10.9. The minimum atomic E-state index is -0.229. The number of anilines is 1. The van der Waals surface area contributed by atoms with Gasteiger partial charge < -0.3 is 14.5 Å². The van der Waals surface area contributed by atoms with E-state index in [9.17, 15) is 9.59 Å². The SMILES string of the molecule is COc1ccc(Cl)cc1N(CC(=O)N1CCN(C)CC1)C(C)=O. The lowest BCUT2D eigenvalue weighted by Gasteiger charge is -2.34. The molecule has 1 aromatic carbocycles. The smallest absolute Gasteiger partial charge is 0.242 e. The monoisotopic (exact) mass is 339 g/mol. The van der Waals surface area contributed by atoms with Crippen LogP contribution in [0, 0.1) is 0 Å². The second-order valence-electron chi connectivity index (χ2n) is 5.61. The summed E-state index contributed by atoms with van der Waals surface area (Å²) in [4.78, 5) is 29.9. The molecule has 0 spiro atoms. The summed E-state index contributed by atoms with van der Waals surface area (Å²) >= 11 is 6.03. The first-order valence-corrected chi connectivity index (χ1v) is 7.88. The average Bonchev–Trinajstić information content (AvgIpc) is 2.52. The van der Waals surface area contributed by atoms with Crippen LogP contribution in [0.3, 0.4) is 0 Å².